The van der Waals surface area contributed by atoms with Crippen molar-refractivity contribution in [2.45, 2.75) is 36.2 Å². The number of nitrogens with one attached hydrogen (secondary N) is 1. The third kappa shape index (κ3) is 3.61. The van der Waals surface area contributed by atoms with Gasteiger partial charge in [0.05, 0.1) is 0 Å². The van der Waals surface area contributed by atoms with Crippen molar-refractivity contribution in [2.75, 3.05) is 18.8 Å². The zero-order valence-corrected chi connectivity index (χ0v) is 17.6. The molecule has 2 aliphatic rings. The lowest BCUT2D eigenvalue weighted by Gasteiger charge is -2.38. The molecular formula is C24H25NOS2. The second-order valence-corrected chi connectivity index (χ2v) is 9.67. The fourth-order valence-corrected chi connectivity index (χ4v) is 6.40. The summed E-state index contributed by atoms with van der Waals surface area (Å²) in [7, 11) is 0. The van der Waals surface area contributed by atoms with E-state index >= 15 is 0 Å². The molecule has 1 N–H and O–H groups in total. The van der Waals surface area contributed by atoms with Crippen LogP contribution in [0.2, 0.25) is 0 Å². The summed E-state index contributed by atoms with van der Waals surface area (Å²) in [5, 5.41) is 9.80. The van der Waals surface area contributed by atoms with Gasteiger partial charge in [-0.05, 0) is 42.6 Å². The van der Waals surface area contributed by atoms with Crippen molar-refractivity contribution in [3.05, 3.63) is 64.3 Å². The summed E-state index contributed by atoms with van der Waals surface area (Å²) in [5.74, 6) is 2.31. The summed E-state index contributed by atoms with van der Waals surface area (Å²) < 4.78 is 8.04. The minimum absolute atomic E-state index is 0.106. The molecule has 28 heavy (non-hydrogen) atoms. The van der Waals surface area contributed by atoms with E-state index in [1.165, 1.54) is 31.2 Å². The van der Waals surface area contributed by atoms with Gasteiger partial charge >= 0.3 is 0 Å². The van der Waals surface area contributed by atoms with Crippen LogP contribution in [0.1, 0.15) is 25.7 Å². The Morgan fingerprint density at radius 3 is 2.79 bits per heavy atom. The van der Waals surface area contributed by atoms with Gasteiger partial charge in [0.15, 0.2) is 0 Å². The van der Waals surface area contributed by atoms with Crippen molar-refractivity contribution in [1.29, 1.82) is 0 Å². The average Bonchev–Trinajstić information content (AvgIpc) is 3.15. The molecule has 2 aromatic carbocycles. The second-order valence-electron chi connectivity index (χ2n) is 7.62. The Bertz CT molecular complexity index is 1090. The molecule has 0 amide bonds. The van der Waals surface area contributed by atoms with Crippen LogP contribution in [0.5, 0.6) is 0 Å². The Morgan fingerprint density at radius 2 is 1.86 bits per heavy atom. The standard InChI is InChI=1S/C24H25NOS2/c1-2-7-19-18(6-1)16-24(11-13-25-14-12-24)26-21(19)9-5-15-27-23-17-28-22-10-4-3-8-20(22)23/h1-4,6-8,10,16-17,25H,5,9,11-15H2. The van der Waals surface area contributed by atoms with Crippen LogP contribution in [-0.4, -0.2) is 24.4 Å². The van der Waals surface area contributed by atoms with Crippen molar-refractivity contribution in [2.24, 2.45) is 0 Å². The van der Waals surface area contributed by atoms with E-state index in [0.29, 0.717) is 0 Å². The summed E-state index contributed by atoms with van der Waals surface area (Å²) in [6.45, 7) is 2.07. The van der Waals surface area contributed by atoms with Crippen molar-refractivity contribution in [3.63, 3.8) is 0 Å². The molecule has 4 heteroatoms. The quantitative estimate of drug-likeness (QED) is 0.496. The van der Waals surface area contributed by atoms with Crippen LogP contribution < -0.4 is 15.8 Å². The first-order valence-electron chi connectivity index (χ1n) is 10.1. The van der Waals surface area contributed by atoms with Crippen LogP contribution in [0.3, 0.4) is 0 Å². The van der Waals surface area contributed by atoms with Crippen LogP contribution in [0.4, 0.5) is 0 Å². The molecule has 1 spiro atoms. The molecule has 3 aromatic rings. The van der Waals surface area contributed by atoms with Crippen LogP contribution in [-0.2, 0) is 4.74 Å². The van der Waals surface area contributed by atoms with Gasteiger partial charge in [0.25, 0.3) is 0 Å². The molecule has 1 aromatic heterocycles. The van der Waals surface area contributed by atoms with E-state index in [1.54, 1.807) is 0 Å². The first-order valence-corrected chi connectivity index (χ1v) is 12.0. The maximum Gasteiger partial charge on any atom is 0.130 e. The van der Waals surface area contributed by atoms with Crippen molar-refractivity contribution >= 4 is 45.0 Å². The Labute approximate surface area is 174 Å². The molecule has 0 radical (unpaired) electrons. The number of piperidine rings is 1. The highest BCUT2D eigenvalue weighted by atomic mass is 32.2. The largest absolute Gasteiger partial charge is 0.487 e. The lowest BCUT2D eigenvalue weighted by atomic mass is 9.88. The second kappa shape index (κ2) is 7.94. The Morgan fingerprint density at radius 1 is 1.04 bits per heavy atom. The van der Waals surface area contributed by atoms with Gasteiger partial charge in [0.1, 0.15) is 11.4 Å². The first-order chi connectivity index (χ1) is 13.8. The van der Waals surface area contributed by atoms with Crippen LogP contribution in [0.25, 0.3) is 21.9 Å². The van der Waals surface area contributed by atoms with E-state index in [2.05, 4.69) is 65.3 Å². The smallest absolute Gasteiger partial charge is 0.130 e. The molecule has 2 aliphatic heterocycles. The third-order valence-corrected chi connectivity index (χ3v) is 7.96. The topological polar surface area (TPSA) is 21.3 Å². The van der Waals surface area contributed by atoms with Gasteiger partial charge < -0.3 is 10.1 Å². The minimum atomic E-state index is -0.106. The highest BCUT2D eigenvalue weighted by molar-refractivity contribution is 7.99. The molecule has 0 unspecified atom stereocenters. The van der Waals surface area contributed by atoms with Crippen molar-refractivity contribution < 1.29 is 4.74 Å². The molecule has 0 saturated carbocycles. The molecule has 1 saturated heterocycles. The monoisotopic (exact) mass is 407 g/mol. The summed E-state index contributed by atoms with van der Waals surface area (Å²) in [6, 6.07) is 17.4. The molecule has 2 nitrogen and oxygen atoms in total. The normalized spacial score (nSPS) is 17.9. The molecule has 0 aliphatic carbocycles. The van der Waals surface area contributed by atoms with Crippen LogP contribution in [0, 0.1) is 0 Å². The third-order valence-electron chi connectivity index (χ3n) is 5.71. The van der Waals surface area contributed by atoms with E-state index in [1.807, 2.05) is 23.1 Å². The maximum atomic E-state index is 6.66. The number of rotatable bonds is 5. The van der Waals surface area contributed by atoms with Gasteiger partial charge in [-0.15, -0.1) is 23.1 Å². The average molecular weight is 408 g/mol. The van der Waals surface area contributed by atoms with E-state index < -0.39 is 0 Å². The molecular weight excluding hydrogens is 382 g/mol. The summed E-state index contributed by atoms with van der Waals surface area (Å²) in [4.78, 5) is 1.42. The van der Waals surface area contributed by atoms with Crippen molar-refractivity contribution in [1.82, 2.24) is 5.32 Å². The predicted octanol–water partition coefficient (Wildman–Crippen LogP) is 4.51. The van der Waals surface area contributed by atoms with Gasteiger partial charge in [0.2, 0.25) is 0 Å². The summed E-state index contributed by atoms with van der Waals surface area (Å²) >= 11 is 3.82. The first kappa shape index (κ1) is 18.3. The van der Waals surface area contributed by atoms with Gasteiger partial charge in [-0.25, -0.2) is 0 Å². The van der Waals surface area contributed by atoms with Crippen molar-refractivity contribution in [3.8, 4) is 0 Å². The van der Waals surface area contributed by atoms with Gasteiger partial charge in [0, 0.05) is 44.8 Å². The fraction of sp³-hybridized carbons (Fsp3) is 0.333. The Kier molecular flexibility index (Phi) is 5.19. The molecule has 3 heterocycles. The number of fused-ring (bicyclic) bond motifs is 2. The maximum absolute atomic E-state index is 6.66. The van der Waals surface area contributed by atoms with Crippen LogP contribution >= 0.6 is 23.1 Å². The molecule has 144 valence electrons. The lowest BCUT2D eigenvalue weighted by molar-refractivity contribution is 0.0608. The number of hydrogen-bond acceptors (Lipinski definition) is 4. The number of benzene rings is 2. The predicted molar refractivity (Wildman–Crippen MR) is 121 cm³/mol. The lowest BCUT2D eigenvalue weighted by Crippen LogP contribution is -2.48. The Balaban J connectivity index is 1.31. The summed E-state index contributed by atoms with van der Waals surface area (Å²) in [6.07, 6.45) is 6.63. The van der Waals surface area contributed by atoms with Gasteiger partial charge in [-0.3, -0.25) is 0 Å². The summed E-state index contributed by atoms with van der Waals surface area (Å²) in [5.41, 5.74) is -0.106. The fourth-order valence-electron chi connectivity index (χ4n) is 4.25. The highest BCUT2D eigenvalue weighted by Gasteiger charge is 2.34. The number of hydrogen-bond donors (Lipinski definition) is 1. The SMILES string of the molecule is C1=c2ccccc2=C(CCCSc2csc3ccccc23)OC12CCNCC2. The molecule has 1 fully saturated rings. The minimum Gasteiger partial charge on any atom is -0.487 e. The van der Waals surface area contributed by atoms with E-state index in [-0.39, 0.29) is 5.60 Å². The zero-order valence-electron chi connectivity index (χ0n) is 15.9. The van der Waals surface area contributed by atoms with Gasteiger partial charge in [-0.1, -0.05) is 42.5 Å². The number of thiophene rings is 1. The number of thioether (sulfide) groups is 1. The number of ether oxygens (including phenoxy) is 1. The van der Waals surface area contributed by atoms with E-state index in [9.17, 15) is 0 Å². The van der Waals surface area contributed by atoms with Gasteiger partial charge in [-0.2, -0.15) is 0 Å². The highest BCUT2D eigenvalue weighted by Crippen LogP contribution is 2.35. The molecule has 5 rings (SSSR count). The molecule has 0 bridgehead atoms. The van der Waals surface area contributed by atoms with E-state index in [4.69, 9.17) is 4.74 Å². The zero-order chi connectivity index (χ0) is 18.8. The molecule has 0 atom stereocenters. The van der Waals surface area contributed by atoms with Crippen LogP contribution in [0.15, 0.2) is 58.8 Å². The Hall–Kier alpha value is -1.75. The van der Waals surface area contributed by atoms with E-state index in [0.717, 1.165) is 44.5 Å².